The summed E-state index contributed by atoms with van der Waals surface area (Å²) in [5.41, 5.74) is 0. The molecule has 0 unspecified atom stereocenters. The van der Waals surface area contributed by atoms with E-state index in [0.29, 0.717) is 25.7 Å². The number of hydrogen-bond donors (Lipinski definition) is 3. The van der Waals surface area contributed by atoms with Crippen LogP contribution in [0, 0.1) is 0 Å². The van der Waals surface area contributed by atoms with Crippen LogP contribution in [-0.4, -0.2) is 34.1 Å². The van der Waals surface area contributed by atoms with E-state index in [4.69, 9.17) is 10.2 Å². The predicted molar refractivity (Wildman–Crippen MR) is 56.0 cm³/mol. The fourth-order valence-corrected chi connectivity index (χ4v) is 1.30. The fourth-order valence-electron chi connectivity index (χ4n) is 1.30. The van der Waals surface area contributed by atoms with Gasteiger partial charge in [0.25, 0.3) is 0 Å². The highest BCUT2D eigenvalue weighted by molar-refractivity contribution is 5.81. The summed E-state index contributed by atoms with van der Waals surface area (Å²) < 4.78 is 0. The molecule has 0 spiro atoms. The maximum absolute atomic E-state index is 10.7. The van der Waals surface area contributed by atoms with Gasteiger partial charge in [-0.05, 0) is 12.8 Å². The molecule has 0 saturated carbocycles. The molecule has 0 aliphatic heterocycles. The zero-order valence-corrected chi connectivity index (χ0v) is 9.23. The van der Waals surface area contributed by atoms with Crippen molar-refractivity contribution in [2.45, 2.75) is 45.1 Å². The molecule has 0 heterocycles. The maximum atomic E-state index is 10.7. The second-order valence-corrected chi connectivity index (χ2v) is 3.58. The van der Waals surface area contributed by atoms with Crippen molar-refractivity contribution in [3.63, 3.8) is 0 Å². The van der Waals surface area contributed by atoms with Crippen LogP contribution in [0.3, 0.4) is 0 Å². The van der Waals surface area contributed by atoms with Gasteiger partial charge in [-0.15, -0.1) is 0 Å². The molecule has 0 saturated heterocycles. The van der Waals surface area contributed by atoms with Gasteiger partial charge in [-0.1, -0.05) is 12.8 Å². The molecule has 1 amide bonds. The van der Waals surface area contributed by atoms with Gasteiger partial charge >= 0.3 is 11.9 Å². The predicted octanol–water partition coefficient (Wildman–Crippen LogP) is 0.611. The number of carboxylic acids is 2. The van der Waals surface area contributed by atoms with E-state index in [1.165, 1.54) is 6.92 Å². The first-order valence-corrected chi connectivity index (χ1v) is 5.15. The highest BCUT2D eigenvalue weighted by Gasteiger charge is 2.17. The molecule has 0 aromatic carbocycles. The van der Waals surface area contributed by atoms with E-state index in [-0.39, 0.29) is 12.3 Å². The molecule has 6 nitrogen and oxygen atoms in total. The van der Waals surface area contributed by atoms with Gasteiger partial charge in [0.05, 0.1) is 0 Å². The second kappa shape index (κ2) is 7.67. The number of unbranched alkanes of at least 4 members (excludes halogenated alkanes) is 2. The summed E-state index contributed by atoms with van der Waals surface area (Å²) in [6.45, 7) is 1.26. The Morgan fingerprint density at radius 3 is 2.19 bits per heavy atom. The van der Waals surface area contributed by atoms with Gasteiger partial charge in [0, 0.05) is 13.3 Å². The van der Waals surface area contributed by atoms with Crippen LogP contribution in [-0.2, 0) is 14.4 Å². The average Bonchev–Trinajstić information content (AvgIpc) is 2.14. The first kappa shape index (κ1) is 14.4. The van der Waals surface area contributed by atoms with E-state index in [1.807, 2.05) is 0 Å². The molecule has 1 atom stereocenters. The minimum atomic E-state index is -1.06. The van der Waals surface area contributed by atoms with Gasteiger partial charge in [-0.2, -0.15) is 0 Å². The zero-order valence-electron chi connectivity index (χ0n) is 9.23. The van der Waals surface area contributed by atoms with E-state index < -0.39 is 18.0 Å². The molecule has 92 valence electrons. The van der Waals surface area contributed by atoms with Gasteiger partial charge in [0.2, 0.25) is 5.91 Å². The Hall–Kier alpha value is -1.59. The molecule has 0 aromatic rings. The minimum absolute atomic E-state index is 0.0951. The number of carbonyl (C=O) groups is 3. The molecule has 6 heteroatoms. The molecule has 0 bridgehead atoms. The van der Waals surface area contributed by atoms with Crippen molar-refractivity contribution in [2.24, 2.45) is 0 Å². The third-order valence-corrected chi connectivity index (χ3v) is 2.06. The lowest BCUT2D eigenvalue weighted by Gasteiger charge is -2.12. The van der Waals surface area contributed by atoms with E-state index in [9.17, 15) is 14.4 Å². The summed E-state index contributed by atoms with van der Waals surface area (Å²) in [4.78, 5) is 31.6. The van der Waals surface area contributed by atoms with Crippen molar-refractivity contribution in [2.75, 3.05) is 0 Å². The Balaban J connectivity index is 3.72. The molecule has 0 aliphatic rings. The van der Waals surface area contributed by atoms with E-state index in [2.05, 4.69) is 5.32 Å². The van der Waals surface area contributed by atoms with Crippen LogP contribution in [0.15, 0.2) is 0 Å². The molecule has 0 radical (unpaired) electrons. The first-order chi connectivity index (χ1) is 7.43. The Bertz CT molecular complexity index is 264. The van der Waals surface area contributed by atoms with Crippen LogP contribution in [0.2, 0.25) is 0 Å². The summed E-state index contributed by atoms with van der Waals surface area (Å²) in [5.74, 6) is -2.29. The van der Waals surface area contributed by atoms with Crippen LogP contribution in [0.5, 0.6) is 0 Å². The first-order valence-electron chi connectivity index (χ1n) is 5.15. The molecule has 3 N–H and O–H groups in total. The van der Waals surface area contributed by atoms with E-state index >= 15 is 0 Å². The summed E-state index contributed by atoms with van der Waals surface area (Å²) in [6, 6.07) is -0.873. The largest absolute Gasteiger partial charge is 0.481 e. The third-order valence-electron chi connectivity index (χ3n) is 2.06. The van der Waals surface area contributed by atoms with E-state index in [1.54, 1.807) is 0 Å². The van der Waals surface area contributed by atoms with Crippen molar-refractivity contribution in [3.8, 4) is 0 Å². The highest BCUT2D eigenvalue weighted by Crippen LogP contribution is 2.06. The van der Waals surface area contributed by atoms with Crippen LogP contribution >= 0.6 is 0 Å². The lowest BCUT2D eigenvalue weighted by Crippen LogP contribution is -2.39. The topological polar surface area (TPSA) is 104 Å². The Morgan fingerprint density at radius 1 is 1.12 bits per heavy atom. The number of rotatable bonds is 8. The quantitative estimate of drug-likeness (QED) is 0.531. The van der Waals surface area contributed by atoms with Gasteiger partial charge in [0.1, 0.15) is 6.04 Å². The van der Waals surface area contributed by atoms with Gasteiger partial charge < -0.3 is 15.5 Å². The molecule has 0 aliphatic carbocycles. The van der Waals surface area contributed by atoms with Crippen molar-refractivity contribution in [1.82, 2.24) is 5.32 Å². The van der Waals surface area contributed by atoms with Crippen LogP contribution in [0.4, 0.5) is 0 Å². The van der Waals surface area contributed by atoms with Gasteiger partial charge in [-0.3, -0.25) is 9.59 Å². The standard InChI is InChI=1S/C10H17NO5/c1-7(12)11-8(10(15)16)5-3-2-4-6-9(13)14/h8H,2-6H2,1H3,(H,11,12)(H,13,14)(H,15,16)/t8-/m1/s1. The Morgan fingerprint density at radius 2 is 1.75 bits per heavy atom. The lowest BCUT2D eigenvalue weighted by molar-refractivity contribution is -0.141. The number of carbonyl (C=O) groups excluding carboxylic acids is 1. The molecule has 0 aromatic heterocycles. The van der Waals surface area contributed by atoms with Crippen molar-refractivity contribution in [1.29, 1.82) is 0 Å². The number of nitrogens with one attached hydrogen (secondary N) is 1. The van der Waals surface area contributed by atoms with Crippen LogP contribution < -0.4 is 5.32 Å². The Kier molecular flexibility index (Phi) is 6.91. The SMILES string of the molecule is CC(=O)N[C@H](CCCCCC(=O)O)C(=O)O. The summed E-state index contributed by atoms with van der Waals surface area (Å²) >= 11 is 0. The molecular weight excluding hydrogens is 214 g/mol. The number of carboxylic acid groups (broad SMARTS) is 2. The number of amides is 1. The lowest BCUT2D eigenvalue weighted by atomic mass is 10.1. The summed E-state index contributed by atoms with van der Waals surface area (Å²) in [5, 5.41) is 19.5. The maximum Gasteiger partial charge on any atom is 0.326 e. The summed E-state index contributed by atoms with van der Waals surface area (Å²) in [6.07, 6.45) is 2.19. The minimum Gasteiger partial charge on any atom is -0.481 e. The third kappa shape index (κ3) is 7.78. The van der Waals surface area contributed by atoms with E-state index in [0.717, 1.165) is 0 Å². The number of aliphatic carboxylic acids is 2. The Labute approximate surface area is 93.6 Å². The molecule has 16 heavy (non-hydrogen) atoms. The average molecular weight is 231 g/mol. The monoisotopic (exact) mass is 231 g/mol. The molecule has 0 rings (SSSR count). The molecular formula is C10H17NO5. The second-order valence-electron chi connectivity index (χ2n) is 3.58. The smallest absolute Gasteiger partial charge is 0.326 e. The fraction of sp³-hybridized carbons (Fsp3) is 0.700. The normalized spacial score (nSPS) is 11.8. The van der Waals surface area contributed by atoms with Crippen molar-refractivity contribution < 1.29 is 24.6 Å². The van der Waals surface area contributed by atoms with Crippen LogP contribution in [0.25, 0.3) is 0 Å². The number of hydrogen-bond acceptors (Lipinski definition) is 3. The van der Waals surface area contributed by atoms with Crippen LogP contribution in [0.1, 0.15) is 39.0 Å². The van der Waals surface area contributed by atoms with Gasteiger partial charge in [-0.25, -0.2) is 4.79 Å². The highest BCUT2D eigenvalue weighted by atomic mass is 16.4. The summed E-state index contributed by atoms with van der Waals surface area (Å²) in [7, 11) is 0. The van der Waals surface area contributed by atoms with Crippen molar-refractivity contribution in [3.05, 3.63) is 0 Å². The zero-order chi connectivity index (χ0) is 12.6. The van der Waals surface area contributed by atoms with Crippen molar-refractivity contribution >= 4 is 17.8 Å². The van der Waals surface area contributed by atoms with Gasteiger partial charge in [0.15, 0.2) is 0 Å². The molecule has 0 fully saturated rings.